The minimum Gasteiger partial charge on any atom is -0.452 e. The van der Waals surface area contributed by atoms with E-state index in [1.54, 1.807) is 19.1 Å². The van der Waals surface area contributed by atoms with Crippen LogP contribution in [-0.2, 0) is 24.3 Å². The highest BCUT2D eigenvalue weighted by atomic mass is 32.2. The smallest absolute Gasteiger partial charge is 0.338 e. The Morgan fingerprint density at radius 3 is 2.48 bits per heavy atom. The molecule has 162 valence electrons. The fraction of sp³-hybridized carbons (Fsp3) is 0.286. The Labute approximate surface area is 180 Å². The molecule has 1 amide bonds. The highest BCUT2D eigenvalue weighted by Crippen LogP contribution is 2.24. The third kappa shape index (κ3) is 5.46. The van der Waals surface area contributed by atoms with Crippen molar-refractivity contribution in [2.24, 2.45) is 0 Å². The van der Waals surface area contributed by atoms with E-state index in [4.69, 9.17) is 14.7 Å². The Hall–Kier alpha value is -3.26. The zero-order valence-corrected chi connectivity index (χ0v) is 17.6. The average molecular weight is 443 g/mol. The molecule has 0 saturated carbocycles. The number of esters is 1. The number of aryl methyl sites for hydroxylation is 1. The standard InChI is InChI=1S/C21H21N3O6S/c1-15-2-7-18(12-19(15)31(27,28)24-8-10-29-11-9-24)23-20(25)14-30-21(26)17-5-3-16(13-22)4-6-17/h2-7,12H,8-11,14H2,1H3,(H,23,25). The van der Waals surface area contributed by atoms with Gasteiger partial charge in [0, 0.05) is 18.8 Å². The quantitative estimate of drug-likeness (QED) is 0.673. The van der Waals surface area contributed by atoms with Crippen LogP contribution in [0.1, 0.15) is 21.5 Å². The molecule has 0 radical (unpaired) electrons. The summed E-state index contributed by atoms with van der Waals surface area (Å²) in [5.41, 5.74) is 1.44. The number of nitrogens with zero attached hydrogens (tertiary/aromatic N) is 2. The van der Waals surface area contributed by atoms with Crippen LogP contribution in [0, 0.1) is 18.3 Å². The van der Waals surface area contributed by atoms with E-state index in [0.29, 0.717) is 24.3 Å². The Morgan fingerprint density at radius 1 is 1.16 bits per heavy atom. The Bertz CT molecular complexity index is 1120. The van der Waals surface area contributed by atoms with E-state index in [1.807, 2.05) is 6.07 Å². The van der Waals surface area contributed by atoms with Crippen LogP contribution in [0.3, 0.4) is 0 Å². The summed E-state index contributed by atoms with van der Waals surface area (Å²) in [6.45, 7) is 2.34. The molecule has 2 aromatic rings. The number of nitrogens with one attached hydrogen (secondary N) is 1. The first-order valence-electron chi connectivity index (χ1n) is 9.47. The highest BCUT2D eigenvalue weighted by Gasteiger charge is 2.28. The SMILES string of the molecule is Cc1ccc(NC(=O)COC(=O)c2ccc(C#N)cc2)cc1S(=O)(=O)N1CCOCC1. The van der Waals surface area contributed by atoms with E-state index >= 15 is 0 Å². The molecule has 0 unspecified atom stereocenters. The predicted molar refractivity (Wildman–Crippen MR) is 111 cm³/mol. The van der Waals surface area contributed by atoms with E-state index in [0.717, 1.165) is 0 Å². The topological polar surface area (TPSA) is 126 Å². The summed E-state index contributed by atoms with van der Waals surface area (Å²) in [7, 11) is -3.72. The summed E-state index contributed by atoms with van der Waals surface area (Å²) in [6, 6.07) is 12.3. The van der Waals surface area contributed by atoms with Crippen LogP contribution >= 0.6 is 0 Å². The monoisotopic (exact) mass is 443 g/mol. The van der Waals surface area contributed by atoms with Gasteiger partial charge in [0.15, 0.2) is 6.61 Å². The number of ether oxygens (including phenoxy) is 2. The third-order valence-corrected chi connectivity index (χ3v) is 6.68. The van der Waals surface area contributed by atoms with Crippen molar-refractivity contribution in [3.8, 4) is 6.07 Å². The molecule has 0 atom stereocenters. The van der Waals surface area contributed by atoms with Crippen LogP contribution < -0.4 is 5.32 Å². The first-order valence-corrected chi connectivity index (χ1v) is 10.9. The number of amides is 1. The molecule has 1 saturated heterocycles. The molecule has 0 bridgehead atoms. The fourth-order valence-corrected chi connectivity index (χ4v) is 4.63. The molecule has 3 rings (SSSR count). The van der Waals surface area contributed by atoms with Crippen LogP contribution in [0.4, 0.5) is 5.69 Å². The molecule has 1 aliphatic heterocycles. The van der Waals surface area contributed by atoms with Gasteiger partial charge in [-0.05, 0) is 48.9 Å². The molecule has 1 heterocycles. The van der Waals surface area contributed by atoms with Gasteiger partial charge in [-0.25, -0.2) is 13.2 Å². The number of hydrogen-bond donors (Lipinski definition) is 1. The average Bonchev–Trinajstić information content (AvgIpc) is 2.79. The van der Waals surface area contributed by atoms with Crippen molar-refractivity contribution < 1.29 is 27.5 Å². The van der Waals surface area contributed by atoms with Crippen molar-refractivity contribution in [3.63, 3.8) is 0 Å². The number of carbonyl (C=O) groups is 2. The zero-order chi connectivity index (χ0) is 22.4. The largest absolute Gasteiger partial charge is 0.452 e. The maximum Gasteiger partial charge on any atom is 0.338 e. The normalized spacial score (nSPS) is 14.5. The molecule has 1 N–H and O–H groups in total. The van der Waals surface area contributed by atoms with Crippen molar-refractivity contribution in [1.29, 1.82) is 5.26 Å². The molecule has 0 aliphatic carbocycles. The number of sulfonamides is 1. The summed E-state index contributed by atoms with van der Waals surface area (Å²) in [6.07, 6.45) is 0. The summed E-state index contributed by atoms with van der Waals surface area (Å²) in [4.78, 5) is 24.3. The minimum absolute atomic E-state index is 0.0989. The third-order valence-electron chi connectivity index (χ3n) is 4.64. The van der Waals surface area contributed by atoms with Crippen LogP contribution in [0.15, 0.2) is 47.4 Å². The van der Waals surface area contributed by atoms with E-state index in [-0.39, 0.29) is 29.2 Å². The molecule has 31 heavy (non-hydrogen) atoms. The maximum absolute atomic E-state index is 12.9. The Kier molecular flexibility index (Phi) is 7.02. The molecular formula is C21H21N3O6S. The van der Waals surface area contributed by atoms with Gasteiger partial charge in [-0.1, -0.05) is 6.07 Å². The van der Waals surface area contributed by atoms with Crippen LogP contribution in [0.5, 0.6) is 0 Å². The second kappa shape index (κ2) is 9.70. The van der Waals surface area contributed by atoms with Gasteiger partial charge in [0.25, 0.3) is 5.91 Å². The minimum atomic E-state index is -3.72. The van der Waals surface area contributed by atoms with Gasteiger partial charge in [-0.15, -0.1) is 0 Å². The maximum atomic E-state index is 12.9. The zero-order valence-electron chi connectivity index (χ0n) is 16.8. The second-order valence-electron chi connectivity index (χ2n) is 6.81. The number of hydrogen-bond acceptors (Lipinski definition) is 7. The van der Waals surface area contributed by atoms with Crippen LogP contribution in [0.25, 0.3) is 0 Å². The van der Waals surface area contributed by atoms with E-state index in [1.165, 1.54) is 34.6 Å². The van der Waals surface area contributed by atoms with Gasteiger partial charge in [0.05, 0.1) is 35.3 Å². The number of rotatable bonds is 6. The number of carbonyl (C=O) groups excluding carboxylic acids is 2. The molecule has 1 fully saturated rings. The van der Waals surface area contributed by atoms with Crippen molar-refractivity contribution in [3.05, 3.63) is 59.2 Å². The van der Waals surface area contributed by atoms with E-state index in [2.05, 4.69) is 5.32 Å². The van der Waals surface area contributed by atoms with Gasteiger partial charge in [-0.3, -0.25) is 4.79 Å². The number of anilines is 1. The molecule has 2 aromatic carbocycles. The predicted octanol–water partition coefficient (Wildman–Crippen LogP) is 1.68. The Balaban J connectivity index is 1.64. The Morgan fingerprint density at radius 2 is 1.84 bits per heavy atom. The summed E-state index contributed by atoms with van der Waals surface area (Å²) in [5.74, 6) is -1.32. The first-order chi connectivity index (χ1) is 14.8. The van der Waals surface area contributed by atoms with Crippen LogP contribution in [-0.4, -0.2) is 57.5 Å². The molecular weight excluding hydrogens is 422 g/mol. The van der Waals surface area contributed by atoms with Crippen LogP contribution in [0.2, 0.25) is 0 Å². The van der Waals surface area contributed by atoms with Gasteiger partial charge in [0.1, 0.15) is 0 Å². The van der Waals surface area contributed by atoms with Crippen molar-refractivity contribution in [2.45, 2.75) is 11.8 Å². The van der Waals surface area contributed by atoms with Crippen molar-refractivity contribution in [2.75, 3.05) is 38.2 Å². The van der Waals surface area contributed by atoms with Gasteiger partial charge < -0.3 is 14.8 Å². The summed E-state index contributed by atoms with van der Waals surface area (Å²) < 4.78 is 37.4. The number of morpholine rings is 1. The van der Waals surface area contributed by atoms with Crippen molar-refractivity contribution >= 4 is 27.6 Å². The van der Waals surface area contributed by atoms with Gasteiger partial charge in [-0.2, -0.15) is 9.57 Å². The summed E-state index contributed by atoms with van der Waals surface area (Å²) in [5, 5.41) is 11.3. The van der Waals surface area contributed by atoms with Gasteiger partial charge in [0.2, 0.25) is 10.0 Å². The lowest BCUT2D eigenvalue weighted by Gasteiger charge is -2.26. The molecule has 10 heteroatoms. The molecule has 0 aromatic heterocycles. The van der Waals surface area contributed by atoms with Crippen molar-refractivity contribution in [1.82, 2.24) is 4.31 Å². The molecule has 0 spiro atoms. The first kappa shape index (κ1) is 22.4. The lowest BCUT2D eigenvalue weighted by atomic mass is 10.1. The second-order valence-corrected chi connectivity index (χ2v) is 8.72. The lowest BCUT2D eigenvalue weighted by molar-refractivity contribution is -0.119. The number of nitriles is 1. The molecule has 9 nitrogen and oxygen atoms in total. The summed E-state index contributed by atoms with van der Waals surface area (Å²) >= 11 is 0. The van der Waals surface area contributed by atoms with Gasteiger partial charge >= 0.3 is 5.97 Å². The highest BCUT2D eigenvalue weighted by molar-refractivity contribution is 7.89. The molecule has 1 aliphatic rings. The van der Waals surface area contributed by atoms with E-state index in [9.17, 15) is 18.0 Å². The van der Waals surface area contributed by atoms with E-state index < -0.39 is 28.5 Å². The number of benzene rings is 2. The lowest BCUT2D eigenvalue weighted by Crippen LogP contribution is -2.40. The fourth-order valence-electron chi connectivity index (χ4n) is 2.97.